The van der Waals surface area contributed by atoms with Crippen molar-refractivity contribution >= 4 is 29.7 Å². The first-order valence-corrected chi connectivity index (χ1v) is 8.95. The molecule has 2 fully saturated rings. The maximum absolute atomic E-state index is 11.6. The van der Waals surface area contributed by atoms with Crippen molar-refractivity contribution in [1.29, 1.82) is 0 Å². The van der Waals surface area contributed by atoms with Crippen LogP contribution >= 0.6 is 23.7 Å². The normalized spacial score (nSPS) is 26.8. The van der Waals surface area contributed by atoms with Gasteiger partial charge in [-0.1, -0.05) is 24.1 Å². The van der Waals surface area contributed by atoms with Crippen LogP contribution in [0.25, 0.3) is 10.7 Å². The van der Waals surface area contributed by atoms with Crippen LogP contribution in [-0.4, -0.2) is 38.2 Å². The summed E-state index contributed by atoms with van der Waals surface area (Å²) in [6.45, 7) is 0.427. The van der Waals surface area contributed by atoms with Crippen LogP contribution in [0, 0.1) is 5.92 Å². The molecule has 3 atom stereocenters. The Balaban J connectivity index is 0.00000169. The third kappa shape index (κ3) is 3.20. The quantitative estimate of drug-likeness (QED) is 0.889. The van der Waals surface area contributed by atoms with Gasteiger partial charge in [-0.05, 0) is 36.6 Å². The molecule has 1 saturated heterocycles. The number of carbonyl (C=O) groups is 1. The molecule has 2 aliphatic rings. The summed E-state index contributed by atoms with van der Waals surface area (Å²) in [7, 11) is 0. The summed E-state index contributed by atoms with van der Waals surface area (Å²) in [5.41, 5.74) is 0. The largest absolute Gasteiger partial charge is 0.480 e. The Hall–Kier alpha value is -1.44. The first-order valence-electron chi connectivity index (χ1n) is 8.07. The van der Waals surface area contributed by atoms with Crippen molar-refractivity contribution in [1.82, 2.24) is 15.0 Å². The molecule has 1 aliphatic carbocycles. The van der Waals surface area contributed by atoms with Crippen molar-refractivity contribution in [3.8, 4) is 10.7 Å². The lowest BCUT2D eigenvalue weighted by Gasteiger charge is -2.31. The van der Waals surface area contributed by atoms with Crippen LogP contribution in [0.1, 0.15) is 38.0 Å². The van der Waals surface area contributed by atoms with Crippen molar-refractivity contribution in [3.63, 3.8) is 0 Å². The van der Waals surface area contributed by atoms with Crippen LogP contribution in [0.15, 0.2) is 22.0 Å². The van der Waals surface area contributed by atoms with E-state index < -0.39 is 12.0 Å². The number of hydrogen-bond acceptors (Lipinski definition) is 6. The van der Waals surface area contributed by atoms with Crippen molar-refractivity contribution in [3.05, 3.63) is 23.4 Å². The lowest BCUT2D eigenvalue weighted by Crippen LogP contribution is -2.41. The van der Waals surface area contributed by atoms with E-state index in [9.17, 15) is 9.90 Å². The Labute approximate surface area is 150 Å². The van der Waals surface area contributed by atoms with Gasteiger partial charge in [-0.3, -0.25) is 9.69 Å². The van der Waals surface area contributed by atoms with Gasteiger partial charge in [0.1, 0.15) is 6.04 Å². The van der Waals surface area contributed by atoms with Crippen LogP contribution in [0.3, 0.4) is 0 Å². The highest BCUT2D eigenvalue weighted by Crippen LogP contribution is 2.40. The van der Waals surface area contributed by atoms with Crippen molar-refractivity contribution in [2.45, 2.75) is 50.7 Å². The molecule has 0 aromatic carbocycles. The second-order valence-corrected chi connectivity index (χ2v) is 7.31. The highest BCUT2D eigenvalue weighted by atomic mass is 35.5. The van der Waals surface area contributed by atoms with Crippen LogP contribution in [0.2, 0.25) is 0 Å². The molecular weight excluding hydrogens is 350 g/mol. The highest BCUT2D eigenvalue weighted by molar-refractivity contribution is 7.13. The lowest BCUT2D eigenvalue weighted by molar-refractivity contribution is -0.143. The van der Waals surface area contributed by atoms with Gasteiger partial charge in [0.25, 0.3) is 0 Å². The molecule has 0 amide bonds. The molecular formula is C16H20ClN3O3S. The van der Waals surface area contributed by atoms with Gasteiger partial charge in [0, 0.05) is 6.04 Å². The summed E-state index contributed by atoms with van der Waals surface area (Å²) < 4.78 is 5.37. The summed E-state index contributed by atoms with van der Waals surface area (Å²) in [6.07, 6.45) is 5.33. The summed E-state index contributed by atoms with van der Waals surface area (Å²) in [6, 6.07) is 3.80. The fourth-order valence-electron chi connectivity index (χ4n) is 4.00. The van der Waals surface area contributed by atoms with E-state index in [0.29, 0.717) is 30.2 Å². The fraction of sp³-hybridized carbons (Fsp3) is 0.562. The number of carboxylic acid groups (broad SMARTS) is 1. The topological polar surface area (TPSA) is 79.5 Å². The average molecular weight is 370 g/mol. The Bertz CT molecular complexity index is 691. The van der Waals surface area contributed by atoms with Crippen molar-refractivity contribution < 1.29 is 14.4 Å². The van der Waals surface area contributed by atoms with Gasteiger partial charge in [-0.25, -0.2) is 0 Å². The van der Waals surface area contributed by atoms with Crippen LogP contribution < -0.4 is 0 Å². The monoisotopic (exact) mass is 369 g/mol. The second kappa shape index (κ2) is 7.21. The Kier molecular flexibility index (Phi) is 5.22. The fourth-order valence-corrected chi connectivity index (χ4v) is 4.65. The Morgan fingerprint density at radius 2 is 2.25 bits per heavy atom. The lowest BCUT2D eigenvalue weighted by atomic mass is 9.85. The molecule has 4 rings (SSSR count). The summed E-state index contributed by atoms with van der Waals surface area (Å²) >= 11 is 1.56. The number of aromatic nitrogens is 2. The number of hydrogen-bond donors (Lipinski definition) is 1. The number of aliphatic carboxylic acids is 1. The van der Waals surface area contributed by atoms with Crippen molar-refractivity contribution in [2.75, 3.05) is 0 Å². The molecule has 0 radical (unpaired) electrons. The third-order valence-corrected chi connectivity index (χ3v) is 5.90. The first-order chi connectivity index (χ1) is 11.2. The smallest absolute Gasteiger partial charge is 0.320 e. The molecule has 130 valence electrons. The number of rotatable bonds is 4. The number of fused-ring (bicyclic) bond motifs is 1. The molecule has 2 aromatic rings. The molecule has 24 heavy (non-hydrogen) atoms. The minimum atomic E-state index is -0.739. The van der Waals surface area contributed by atoms with Gasteiger partial charge in [-0.15, -0.1) is 23.7 Å². The zero-order valence-corrected chi connectivity index (χ0v) is 14.8. The zero-order valence-electron chi connectivity index (χ0n) is 13.1. The van der Waals surface area contributed by atoms with E-state index in [1.807, 2.05) is 17.5 Å². The van der Waals surface area contributed by atoms with Crippen LogP contribution in [-0.2, 0) is 11.3 Å². The molecule has 6 nitrogen and oxygen atoms in total. The standard InChI is InChI=1S/C16H19N3O3S.ClH/c20-16(21)12-8-10-4-1-2-5-11(10)19(12)9-14-17-15(18-22-14)13-6-3-7-23-13;/h3,6-7,10-12H,1-2,4-5,8-9H2,(H,20,21);1H. The van der Waals surface area contributed by atoms with Gasteiger partial charge in [0.15, 0.2) is 0 Å². The minimum Gasteiger partial charge on any atom is -0.480 e. The van der Waals surface area contributed by atoms with E-state index in [4.69, 9.17) is 4.52 Å². The molecule has 3 unspecified atom stereocenters. The molecule has 0 bridgehead atoms. The molecule has 1 aliphatic heterocycles. The summed E-state index contributed by atoms with van der Waals surface area (Å²) in [5.74, 6) is 0.842. The maximum atomic E-state index is 11.6. The average Bonchev–Trinajstić information content (AvgIpc) is 3.26. The van der Waals surface area contributed by atoms with Gasteiger partial charge in [0.2, 0.25) is 11.7 Å². The second-order valence-electron chi connectivity index (χ2n) is 6.36. The van der Waals surface area contributed by atoms with Crippen molar-refractivity contribution in [2.24, 2.45) is 5.92 Å². The van der Waals surface area contributed by atoms with E-state index in [-0.39, 0.29) is 12.4 Å². The van der Waals surface area contributed by atoms with E-state index in [0.717, 1.165) is 24.1 Å². The molecule has 0 spiro atoms. The predicted octanol–water partition coefficient (Wildman–Crippen LogP) is 3.44. The number of halogens is 1. The Morgan fingerprint density at radius 3 is 3.00 bits per heavy atom. The maximum Gasteiger partial charge on any atom is 0.320 e. The van der Waals surface area contributed by atoms with E-state index >= 15 is 0 Å². The van der Waals surface area contributed by atoms with Gasteiger partial charge < -0.3 is 9.63 Å². The third-order valence-electron chi connectivity index (χ3n) is 5.03. The van der Waals surface area contributed by atoms with Gasteiger partial charge in [-0.2, -0.15) is 4.98 Å². The SMILES string of the molecule is Cl.O=C(O)C1CC2CCCCC2N1Cc1nc(-c2cccs2)no1. The molecule has 8 heteroatoms. The van der Waals surface area contributed by atoms with E-state index in [2.05, 4.69) is 15.0 Å². The molecule has 2 aromatic heterocycles. The first kappa shape index (κ1) is 17.4. The number of nitrogens with zero attached hydrogens (tertiary/aromatic N) is 3. The summed E-state index contributed by atoms with van der Waals surface area (Å²) in [5, 5.41) is 15.6. The number of thiophene rings is 1. The highest BCUT2D eigenvalue weighted by Gasteiger charge is 2.45. The number of carboxylic acids is 1. The van der Waals surface area contributed by atoms with E-state index in [1.54, 1.807) is 11.3 Å². The summed E-state index contributed by atoms with van der Waals surface area (Å²) in [4.78, 5) is 19.1. The Morgan fingerprint density at radius 1 is 1.42 bits per heavy atom. The zero-order chi connectivity index (χ0) is 15.8. The van der Waals surface area contributed by atoms with Crippen LogP contribution in [0.4, 0.5) is 0 Å². The molecule has 1 saturated carbocycles. The minimum absolute atomic E-state index is 0. The molecule has 3 heterocycles. The number of likely N-dealkylation sites (tertiary alicyclic amines) is 1. The van der Waals surface area contributed by atoms with Gasteiger partial charge >= 0.3 is 5.97 Å². The van der Waals surface area contributed by atoms with Crippen LogP contribution in [0.5, 0.6) is 0 Å². The molecule has 1 N–H and O–H groups in total. The predicted molar refractivity (Wildman–Crippen MR) is 92.2 cm³/mol. The van der Waals surface area contributed by atoms with E-state index in [1.165, 1.54) is 12.8 Å². The van der Waals surface area contributed by atoms with Gasteiger partial charge in [0.05, 0.1) is 11.4 Å².